The number of nitrogens with zero attached hydrogens (tertiary/aromatic N) is 10. The van der Waals surface area contributed by atoms with Gasteiger partial charge in [0.25, 0.3) is 0 Å². The molecule has 232 valence electrons. The van der Waals surface area contributed by atoms with Crippen molar-refractivity contribution in [1.29, 1.82) is 0 Å². The molecule has 0 unspecified atom stereocenters. The van der Waals surface area contributed by atoms with Crippen LogP contribution in [0.1, 0.15) is 46.0 Å². The standard InChI is InChI=1S/C36H38N10/c1-5-13-29(14-6-1)21-23-45-35(37-39-41-45)33(31-17-9-3-10-18-31)43-25-27-44(28-26-43)34(32-19-11-4-12-20-32)36-38-40-42-46(36)24-22-30-15-7-2-8-16-30/h1-20,33-34H,21-28H2/t33-,34-/m0/s1. The number of rotatable bonds is 12. The lowest BCUT2D eigenvalue weighted by Gasteiger charge is -2.41. The fraction of sp³-hybridized carbons (Fsp3) is 0.278. The predicted molar refractivity (Wildman–Crippen MR) is 176 cm³/mol. The van der Waals surface area contributed by atoms with Crippen molar-refractivity contribution in [2.45, 2.75) is 38.0 Å². The lowest BCUT2D eigenvalue weighted by molar-refractivity contribution is 0.0822. The smallest absolute Gasteiger partial charge is 0.173 e. The van der Waals surface area contributed by atoms with Gasteiger partial charge in [-0.15, -0.1) is 10.2 Å². The summed E-state index contributed by atoms with van der Waals surface area (Å²) >= 11 is 0. The van der Waals surface area contributed by atoms with E-state index < -0.39 is 0 Å². The molecule has 1 aliphatic rings. The second-order valence-corrected chi connectivity index (χ2v) is 11.7. The predicted octanol–water partition coefficient (Wildman–Crippen LogP) is 4.64. The molecule has 0 aliphatic carbocycles. The highest BCUT2D eigenvalue weighted by atomic mass is 15.6. The lowest BCUT2D eigenvalue weighted by atomic mass is 10.0. The Morgan fingerprint density at radius 3 is 1.17 bits per heavy atom. The Kier molecular flexibility index (Phi) is 9.25. The highest BCUT2D eigenvalue weighted by molar-refractivity contribution is 5.27. The molecular formula is C36H38N10. The summed E-state index contributed by atoms with van der Waals surface area (Å²) in [6.07, 6.45) is 1.73. The maximum absolute atomic E-state index is 4.60. The van der Waals surface area contributed by atoms with E-state index in [0.717, 1.165) is 63.8 Å². The minimum atomic E-state index is -0.0551. The molecule has 1 fully saturated rings. The molecule has 0 radical (unpaired) electrons. The van der Waals surface area contributed by atoms with Gasteiger partial charge in [0.1, 0.15) is 0 Å². The molecule has 0 saturated carbocycles. The first-order valence-corrected chi connectivity index (χ1v) is 16.0. The fourth-order valence-corrected chi connectivity index (χ4v) is 6.46. The molecule has 2 atom stereocenters. The van der Waals surface area contributed by atoms with Crippen LogP contribution in [0.25, 0.3) is 0 Å². The van der Waals surface area contributed by atoms with Crippen LogP contribution in [0.2, 0.25) is 0 Å². The van der Waals surface area contributed by atoms with Crippen molar-refractivity contribution in [2.75, 3.05) is 26.2 Å². The Labute approximate surface area is 269 Å². The zero-order chi connectivity index (χ0) is 31.0. The van der Waals surface area contributed by atoms with Gasteiger partial charge in [-0.1, -0.05) is 121 Å². The van der Waals surface area contributed by atoms with E-state index >= 15 is 0 Å². The van der Waals surface area contributed by atoms with E-state index in [1.165, 1.54) is 22.3 Å². The van der Waals surface area contributed by atoms with E-state index in [2.05, 4.69) is 150 Å². The third-order valence-corrected chi connectivity index (χ3v) is 8.83. The Hall–Kier alpha value is -5.06. The first kappa shape index (κ1) is 29.6. The molecule has 0 amide bonds. The van der Waals surface area contributed by atoms with Gasteiger partial charge in [0.05, 0.1) is 12.1 Å². The Bertz CT molecular complexity index is 1630. The molecule has 6 aromatic rings. The van der Waals surface area contributed by atoms with Crippen molar-refractivity contribution >= 4 is 0 Å². The zero-order valence-corrected chi connectivity index (χ0v) is 25.8. The average molecular weight is 611 g/mol. The lowest BCUT2D eigenvalue weighted by Crippen LogP contribution is -2.50. The number of aromatic nitrogens is 8. The van der Waals surface area contributed by atoms with E-state index in [-0.39, 0.29) is 12.1 Å². The Morgan fingerprint density at radius 2 is 0.804 bits per heavy atom. The van der Waals surface area contributed by atoms with Gasteiger partial charge in [0.2, 0.25) is 0 Å². The number of hydrogen-bond acceptors (Lipinski definition) is 8. The molecule has 10 heteroatoms. The number of tetrazole rings is 2. The normalized spacial score (nSPS) is 15.5. The summed E-state index contributed by atoms with van der Waals surface area (Å²) in [5, 5.41) is 26.3. The summed E-state index contributed by atoms with van der Waals surface area (Å²) in [5.74, 6) is 1.75. The van der Waals surface area contributed by atoms with Crippen LogP contribution in [0, 0.1) is 0 Å². The van der Waals surface area contributed by atoms with Gasteiger partial charge < -0.3 is 0 Å². The van der Waals surface area contributed by atoms with Gasteiger partial charge in [-0.3, -0.25) is 9.80 Å². The fourth-order valence-electron chi connectivity index (χ4n) is 6.46. The molecule has 3 heterocycles. The van der Waals surface area contributed by atoms with Gasteiger partial charge in [0.15, 0.2) is 11.6 Å². The molecule has 46 heavy (non-hydrogen) atoms. The van der Waals surface area contributed by atoms with Crippen LogP contribution >= 0.6 is 0 Å². The topological polar surface area (TPSA) is 93.7 Å². The maximum Gasteiger partial charge on any atom is 0.173 e. The minimum absolute atomic E-state index is 0.0551. The molecule has 1 saturated heterocycles. The molecule has 0 spiro atoms. The van der Waals surface area contributed by atoms with Crippen molar-refractivity contribution < 1.29 is 0 Å². The molecule has 2 aromatic heterocycles. The number of benzene rings is 4. The maximum atomic E-state index is 4.60. The molecular weight excluding hydrogens is 572 g/mol. The van der Waals surface area contributed by atoms with Crippen LogP contribution in [-0.2, 0) is 25.9 Å². The Morgan fingerprint density at radius 1 is 0.457 bits per heavy atom. The average Bonchev–Trinajstić information content (AvgIpc) is 3.79. The third kappa shape index (κ3) is 6.78. The summed E-state index contributed by atoms with van der Waals surface area (Å²) in [6.45, 7) is 4.83. The molecule has 1 aliphatic heterocycles. The summed E-state index contributed by atoms with van der Waals surface area (Å²) in [6, 6.07) is 42.1. The summed E-state index contributed by atoms with van der Waals surface area (Å²) < 4.78 is 3.95. The van der Waals surface area contributed by atoms with E-state index in [0.29, 0.717) is 0 Å². The highest BCUT2D eigenvalue weighted by Gasteiger charge is 2.35. The molecule has 10 nitrogen and oxygen atoms in total. The second-order valence-electron chi connectivity index (χ2n) is 11.7. The van der Waals surface area contributed by atoms with Crippen LogP contribution in [0.4, 0.5) is 0 Å². The number of hydrogen-bond donors (Lipinski definition) is 0. The molecule has 0 bridgehead atoms. The van der Waals surface area contributed by atoms with Crippen molar-refractivity contribution in [1.82, 2.24) is 50.2 Å². The quantitative estimate of drug-likeness (QED) is 0.198. The SMILES string of the molecule is c1ccc(CCn2nnnc2[C@H](c2ccccc2)N2CCN([C@@H](c3ccccc3)c3nnnn3CCc3ccccc3)CC2)cc1. The Balaban J connectivity index is 1.12. The van der Waals surface area contributed by atoms with Gasteiger partial charge in [-0.25, -0.2) is 9.36 Å². The summed E-state index contributed by atoms with van der Waals surface area (Å²) in [4.78, 5) is 5.02. The summed E-state index contributed by atoms with van der Waals surface area (Å²) in [5.41, 5.74) is 4.92. The largest absolute Gasteiger partial charge is 0.287 e. The van der Waals surface area contributed by atoms with E-state index in [1.807, 2.05) is 21.5 Å². The van der Waals surface area contributed by atoms with Crippen molar-refractivity contribution in [3.8, 4) is 0 Å². The highest BCUT2D eigenvalue weighted by Crippen LogP contribution is 2.32. The van der Waals surface area contributed by atoms with Crippen molar-refractivity contribution in [2.24, 2.45) is 0 Å². The van der Waals surface area contributed by atoms with E-state index in [4.69, 9.17) is 0 Å². The molecule has 7 rings (SSSR count). The van der Waals surface area contributed by atoms with E-state index in [9.17, 15) is 0 Å². The van der Waals surface area contributed by atoms with Crippen LogP contribution in [0.3, 0.4) is 0 Å². The van der Waals surface area contributed by atoms with Gasteiger partial charge >= 0.3 is 0 Å². The van der Waals surface area contributed by atoms with E-state index in [1.54, 1.807) is 0 Å². The van der Waals surface area contributed by atoms with Gasteiger partial charge in [-0.2, -0.15) is 0 Å². The van der Waals surface area contributed by atoms with Gasteiger partial charge in [0, 0.05) is 39.3 Å². The van der Waals surface area contributed by atoms with Gasteiger partial charge in [-0.05, 0) is 55.9 Å². The second kappa shape index (κ2) is 14.4. The first-order chi connectivity index (χ1) is 22.8. The first-order valence-electron chi connectivity index (χ1n) is 16.0. The van der Waals surface area contributed by atoms with Crippen LogP contribution < -0.4 is 0 Å². The molecule has 4 aromatic carbocycles. The molecule has 0 N–H and O–H groups in total. The van der Waals surface area contributed by atoms with Crippen LogP contribution in [-0.4, -0.2) is 76.4 Å². The summed E-state index contributed by atoms with van der Waals surface area (Å²) in [7, 11) is 0. The monoisotopic (exact) mass is 610 g/mol. The van der Waals surface area contributed by atoms with Crippen LogP contribution in [0.5, 0.6) is 0 Å². The van der Waals surface area contributed by atoms with Crippen molar-refractivity contribution in [3.63, 3.8) is 0 Å². The van der Waals surface area contributed by atoms with Crippen molar-refractivity contribution in [3.05, 3.63) is 155 Å². The number of aryl methyl sites for hydroxylation is 4. The third-order valence-electron chi connectivity index (χ3n) is 8.83. The number of piperazine rings is 1. The zero-order valence-electron chi connectivity index (χ0n) is 25.8. The van der Waals surface area contributed by atoms with Crippen LogP contribution in [0.15, 0.2) is 121 Å². The minimum Gasteiger partial charge on any atom is -0.287 e.